The molecule has 0 bridgehead atoms. The molecule has 1 fully saturated rings. The van der Waals surface area contributed by atoms with Crippen molar-refractivity contribution in [2.24, 2.45) is 0 Å². The molecule has 0 aliphatic carbocycles. The van der Waals surface area contributed by atoms with Crippen molar-refractivity contribution in [2.45, 2.75) is 32.2 Å². The molecule has 1 saturated heterocycles. The van der Waals surface area contributed by atoms with Gasteiger partial charge < -0.3 is 4.90 Å². The summed E-state index contributed by atoms with van der Waals surface area (Å²) in [6.07, 6.45) is 3.85. The molecule has 1 unspecified atom stereocenters. The molecule has 0 N–H and O–H groups in total. The van der Waals surface area contributed by atoms with Crippen molar-refractivity contribution in [1.29, 1.82) is 0 Å². The number of aromatic nitrogens is 1. The van der Waals surface area contributed by atoms with Gasteiger partial charge in [-0.25, -0.2) is 8.42 Å². The first kappa shape index (κ1) is 16.9. The van der Waals surface area contributed by atoms with Gasteiger partial charge in [0.05, 0.1) is 11.3 Å². The van der Waals surface area contributed by atoms with Crippen molar-refractivity contribution < 1.29 is 13.2 Å². The summed E-state index contributed by atoms with van der Waals surface area (Å²) >= 11 is 0. The Labute approximate surface area is 142 Å². The van der Waals surface area contributed by atoms with E-state index >= 15 is 0 Å². The van der Waals surface area contributed by atoms with Crippen LogP contribution in [0.4, 0.5) is 0 Å². The molecule has 0 spiro atoms. The van der Waals surface area contributed by atoms with Crippen molar-refractivity contribution in [3.05, 3.63) is 41.6 Å². The number of pyridine rings is 1. The van der Waals surface area contributed by atoms with E-state index in [1.54, 1.807) is 11.0 Å². The van der Waals surface area contributed by atoms with E-state index in [9.17, 15) is 13.2 Å². The summed E-state index contributed by atoms with van der Waals surface area (Å²) in [5, 5.41) is 0.920. The van der Waals surface area contributed by atoms with Crippen LogP contribution >= 0.6 is 0 Å². The highest BCUT2D eigenvalue weighted by Gasteiger charge is 2.30. The molecule has 0 saturated carbocycles. The summed E-state index contributed by atoms with van der Waals surface area (Å²) in [5.74, 6) is -0.0570. The molecule has 128 valence electrons. The maximum atomic E-state index is 12.9. The smallest absolute Gasteiger partial charge is 0.254 e. The maximum absolute atomic E-state index is 12.9. The lowest BCUT2D eigenvalue weighted by Crippen LogP contribution is -2.47. The monoisotopic (exact) mass is 346 g/mol. The summed E-state index contributed by atoms with van der Waals surface area (Å²) < 4.78 is 23.3. The standard InChI is InChI=1S/C18H22N2O3S/c1-13-6-7-14-11-15(8-9-17(14)19-13)18(21)20-10-4-3-5-16(20)12-24(2,22)23/h6-9,11,16H,3-5,10,12H2,1-2H3. The lowest BCUT2D eigenvalue weighted by molar-refractivity contribution is 0.0639. The predicted molar refractivity (Wildman–Crippen MR) is 94.9 cm³/mol. The summed E-state index contributed by atoms with van der Waals surface area (Å²) in [6, 6.07) is 9.13. The van der Waals surface area contributed by atoms with Gasteiger partial charge in [-0.15, -0.1) is 0 Å². The lowest BCUT2D eigenvalue weighted by atomic mass is 10.0. The normalized spacial score (nSPS) is 18.8. The number of carbonyl (C=O) groups is 1. The van der Waals surface area contributed by atoms with Crippen LogP contribution in [0.5, 0.6) is 0 Å². The molecule has 1 aliphatic rings. The summed E-state index contributed by atoms with van der Waals surface area (Å²) in [7, 11) is -3.12. The van der Waals surface area contributed by atoms with Gasteiger partial charge in [-0.2, -0.15) is 0 Å². The molecular formula is C18H22N2O3S. The van der Waals surface area contributed by atoms with Crippen LogP contribution in [0.3, 0.4) is 0 Å². The molecule has 1 aromatic heterocycles. The summed E-state index contributed by atoms with van der Waals surface area (Å²) in [4.78, 5) is 19.1. The van der Waals surface area contributed by atoms with Crippen molar-refractivity contribution in [1.82, 2.24) is 9.88 Å². The number of hydrogen-bond donors (Lipinski definition) is 0. The topological polar surface area (TPSA) is 67.3 Å². The number of rotatable bonds is 3. The maximum Gasteiger partial charge on any atom is 0.254 e. The second-order valence-electron chi connectivity index (χ2n) is 6.60. The first-order valence-electron chi connectivity index (χ1n) is 8.19. The fourth-order valence-electron chi connectivity index (χ4n) is 3.32. The summed E-state index contributed by atoms with van der Waals surface area (Å²) in [5.41, 5.74) is 2.39. The number of hydrogen-bond acceptors (Lipinski definition) is 4. The Balaban J connectivity index is 1.90. The number of sulfone groups is 1. The van der Waals surface area contributed by atoms with E-state index in [-0.39, 0.29) is 17.7 Å². The van der Waals surface area contributed by atoms with Crippen molar-refractivity contribution in [3.63, 3.8) is 0 Å². The van der Waals surface area contributed by atoms with Gasteiger partial charge in [0.2, 0.25) is 0 Å². The van der Waals surface area contributed by atoms with Gasteiger partial charge in [-0.05, 0) is 50.5 Å². The van der Waals surface area contributed by atoms with Crippen LogP contribution in [0.25, 0.3) is 10.9 Å². The quantitative estimate of drug-likeness (QED) is 0.857. The average molecular weight is 346 g/mol. The Kier molecular flexibility index (Phi) is 4.58. The number of nitrogens with zero attached hydrogens (tertiary/aromatic N) is 2. The number of aryl methyl sites for hydroxylation is 1. The van der Waals surface area contributed by atoms with Crippen LogP contribution in [-0.4, -0.2) is 48.8 Å². The molecule has 1 aliphatic heterocycles. The van der Waals surface area contributed by atoms with Crippen LogP contribution in [0.15, 0.2) is 30.3 Å². The molecule has 24 heavy (non-hydrogen) atoms. The van der Waals surface area contributed by atoms with Crippen molar-refractivity contribution >= 4 is 26.6 Å². The Morgan fingerprint density at radius 3 is 2.79 bits per heavy atom. The minimum Gasteiger partial charge on any atom is -0.335 e. The molecule has 3 rings (SSSR count). The largest absolute Gasteiger partial charge is 0.335 e. The van der Waals surface area contributed by atoms with E-state index < -0.39 is 9.84 Å². The van der Waals surface area contributed by atoms with Gasteiger partial charge in [0.15, 0.2) is 0 Å². The third kappa shape index (κ3) is 3.75. The fourth-order valence-corrected chi connectivity index (χ4v) is 4.36. The number of likely N-dealkylation sites (tertiary alicyclic amines) is 1. The van der Waals surface area contributed by atoms with Crippen LogP contribution in [0, 0.1) is 6.92 Å². The molecule has 0 radical (unpaired) electrons. The first-order valence-corrected chi connectivity index (χ1v) is 10.3. The van der Waals surface area contributed by atoms with Gasteiger partial charge in [0.25, 0.3) is 5.91 Å². The second kappa shape index (κ2) is 6.51. The lowest BCUT2D eigenvalue weighted by Gasteiger charge is -2.35. The summed E-state index contributed by atoms with van der Waals surface area (Å²) in [6.45, 7) is 2.55. The minimum absolute atomic E-state index is 0.0348. The Morgan fingerprint density at radius 1 is 1.25 bits per heavy atom. The Morgan fingerprint density at radius 2 is 2.04 bits per heavy atom. The third-order valence-electron chi connectivity index (χ3n) is 4.46. The van der Waals surface area contributed by atoms with Gasteiger partial charge >= 0.3 is 0 Å². The van der Waals surface area contributed by atoms with Crippen molar-refractivity contribution in [3.8, 4) is 0 Å². The van der Waals surface area contributed by atoms with E-state index in [1.165, 1.54) is 6.26 Å². The fraction of sp³-hybridized carbons (Fsp3) is 0.444. The van der Waals surface area contributed by atoms with Crippen LogP contribution < -0.4 is 0 Å². The van der Waals surface area contributed by atoms with E-state index in [0.717, 1.165) is 35.9 Å². The zero-order valence-electron chi connectivity index (χ0n) is 14.0. The van der Waals surface area contributed by atoms with Gasteiger partial charge in [-0.1, -0.05) is 6.07 Å². The highest BCUT2D eigenvalue weighted by molar-refractivity contribution is 7.90. The molecule has 1 aromatic carbocycles. The van der Waals surface area contributed by atoms with E-state index in [1.807, 2.05) is 31.2 Å². The van der Waals surface area contributed by atoms with Crippen molar-refractivity contribution in [2.75, 3.05) is 18.6 Å². The second-order valence-corrected chi connectivity index (χ2v) is 8.79. The average Bonchev–Trinajstić information content (AvgIpc) is 2.53. The molecule has 2 aromatic rings. The van der Waals surface area contributed by atoms with Crippen LogP contribution in [0.2, 0.25) is 0 Å². The Hall–Kier alpha value is -1.95. The number of benzene rings is 1. The molecule has 5 nitrogen and oxygen atoms in total. The third-order valence-corrected chi connectivity index (χ3v) is 5.45. The molecular weight excluding hydrogens is 324 g/mol. The van der Waals surface area contributed by atoms with Crippen LogP contribution in [0.1, 0.15) is 35.3 Å². The zero-order chi connectivity index (χ0) is 17.3. The molecule has 2 heterocycles. The molecule has 1 atom stereocenters. The van der Waals surface area contributed by atoms with E-state index in [0.29, 0.717) is 12.1 Å². The number of carbonyl (C=O) groups excluding carboxylic acids is 1. The SMILES string of the molecule is Cc1ccc2cc(C(=O)N3CCCCC3CS(C)(=O)=O)ccc2n1. The number of piperidine rings is 1. The minimum atomic E-state index is -3.12. The highest BCUT2D eigenvalue weighted by Crippen LogP contribution is 2.22. The first-order chi connectivity index (χ1) is 11.3. The molecule has 6 heteroatoms. The van der Waals surface area contributed by atoms with Gasteiger partial charge in [0.1, 0.15) is 9.84 Å². The van der Waals surface area contributed by atoms with E-state index in [2.05, 4.69) is 4.98 Å². The highest BCUT2D eigenvalue weighted by atomic mass is 32.2. The van der Waals surface area contributed by atoms with Gasteiger partial charge in [0, 0.05) is 35.5 Å². The predicted octanol–water partition coefficient (Wildman–Crippen LogP) is 2.58. The van der Waals surface area contributed by atoms with E-state index in [4.69, 9.17) is 0 Å². The van der Waals surface area contributed by atoms with Gasteiger partial charge in [-0.3, -0.25) is 9.78 Å². The Bertz CT molecular complexity index is 877. The molecule has 1 amide bonds. The number of fused-ring (bicyclic) bond motifs is 1. The zero-order valence-corrected chi connectivity index (χ0v) is 14.8. The van der Waals surface area contributed by atoms with Crippen LogP contribution in [-0.2, 0) is 9.84 Å². The number of amides is 1.